The molecule has 2 aromatic carbocycles. The van der Waals surface area contributed by atoms with Crippen LogP contribution in [0.25, 0.3) is 0 Å². The molecule has 1 atom stereocenters. The summed E-state index contributed by atoms with van der Waals surface area (Å²) in [5.74, 6) is -0.817. The van der Waals surface area contributed by atoms with Crippen LogP contribution in [0.5, 0.6) is 5.75 Å². The standard InChI is InChI=1S/C16H12N2O3/c1-10-5-4-6-11(9-10)17-18-14-15(19)12-7-2-3-8-13(12)21-16(14)20/h2-9,14H,1H3/t14-/m0/s1. The lowest BCUT2D eigenvalue weighted by Crippen LogP contribution is -2.36. The van der Waals surface area contributed by atoms with E-state index in [0.29, 0.717) is 11.3 Å². The highest BCUT2D eigenvalue weighted by Crippen LogP contribution is 2.26. The van der Waals surface area contributed by atoms with E-state index in [0.717, 1.165) is 5.56 Å². The van der Waals surface area contributed by atoms with E-state index in [1.54, 1.807) is 30.3 Å². The summed E-state index contributed by atoms with van der Waals surface area (Å²) in [5, 5.41) is 7.82. The number of ether oxygens (including phenoxy) is 1. The minimum Gasteiger partial charge on any atom is -0.424 e. The van der Waals surface area contributed by atoms with Crippen LogP contribution in [-0.4, -0.2) is 17.8 Å². The zero-order valence-electron chi connectivity index (χ0n) is 11.3. The third-order valence-electron chi connectivity index (χ3n) is 3.13. The van der Waals surface area contributed by atoms with Crippen molar-refractivity contribution in [1.82, 2.24) is 0 Å². The van der Waals surface area contributed by atoms with Gasteiger partial charge >= 0.3 is 5.97 Å². The minimum atomic E-state index is -1.24. The van der Waals surface area contributed by atoms with Gasteiger partial charge in [-0.3, -0.25) is 4.79 Å². The molecule has 0 aliphatic carbocycles. The van der Waals surface area contributed by atoms with Crippen LogP contribution >= 0.6 is 0 Å². The topological polar surface area (TPSA) is 68.1 Å². The summed E-state index contributed by atoms with van der Waals surface area (Å²) in [6.07, 6.45) is 0. The number of carbonyl (C=O) groups excluding carboxylic acids is 2. The molecule has 1 heterocycles. The van der Waals surface area contributed by atoms with Gasteiger partial charge < -0.3 is 4.74 Å². The number of fused-ring (bicyclic) bond motifs is 1. The van der Waals surface area contributed by atoms with Gasteiger partial charge in [0, 0.05) is 0 Å². The van der Waals surface area contributed by atoms with Crippen molar-refractivity contribution in [3.8, 4) is 5.75 Å². The Morgan fingerprint density at radius 3 is 2.67 bits per heavy atom. The molecule has 2 aromatic rings. The molecule has 0 amide bonds. The van der Waals surface area contributed by atoms with Crippen LogP contribution in [0.15, 0.2) is 58.8 Å². The zero-order chi connectivity index (χ0) is 14.8. The first-order valence-electron chi connectivity index (χ1n) is 6.47. The van der Waals surface area contributed by atoms with Crippen molar-refractivity contribution < 1.29 is 14.3 Å². The largest absolute Gasteiger partial charge is 0.424 e. The predicted octanol–water partition coefficient (Wildman–Crippen LogP) is 3.25. The molecule has 1 aliphatic rings. The van der Waals surface area contributed by atoms with Gasteiger partial charge in [0.2, 0.25) is 11.8 Å². The van der Waals surface area contributed by atoms with Crippen molar-refractivity contribution >= 4 is 17.4 Å². The third-order valence-corrected chi connectivity index (χ3v) is 3.13. The van der Waals surface area contributed by atoms with E-state index in [-0.39, 0.29) is 5.75 Å². The van der Waals surface area contributed by atoms with Crippen molar-refractivity contribution in [3.63, 3.8) is 0 Å². The van der Waals surface area contributed by atoms with Gasteiger partial charge in [-0.25, -0.2) is 4.79 Å². The molecule has 0 aromatic heterocycles. The molecule has 5 nitrogen and oxygen atoms in total. The molecule has 0 bridgehead atoms. The Balaban J connectivity index is 1.89. The average Bonchev–Trinajstić information content (AvgIpc) is 2.47. The maximum Gasteiger partial charge on any atom is 0.346 e. The first-order chi connectivity index (χ1) is 10.1. The number of aryl methyl sites for hydroxylation is 1. The third kappa shape index (κ3) is 2.58. The average molecular weight is 280 g/mol. The van der Waals surface area contributed by atoms with E-state index in [2.05, 4.69) is 10.2 Å². The van der Waals surface area contributed by atoms with Gasteiger partial charge in [0.05, 0.1) is 11.3 Å². The Labute approximate surface area is 121 Å². The number of azo groups is 1. The number of ketones is 1. The van der Waals surface area contributed by atoms with Crippen molar-refractivity contribution in [3.05, 3.63) is 59.7 Å². The molecule has 0 N–H and O–H groups in total. The Morgan fingerprint density at radius 1 is 1.05 bits per heavy atom. The molecular weight excluding hydrogens is 268 g/mol. The maximum absolute atomic E-state index is 12.3. The van der Waals surface area contributed by atoms with Gasteiger partial charge in [-0.2, -0.15) is 10.2 Å². The number of hydrogen-bond acceptors (Lipinski definition) is 5. The molecule has 3 rings (SSSR count). The second-order valence-corrected chi connectivity index (χ2v) is 4.74. The fourth-order valence-corrected chi connectivity index (χ4v) is 2.09. The Hall–Kier alpha value is -2.82. The Bertz CT molecular complexity index is 753. The molecule has 0 saturated heterocycles. The molecule has 0 radical (unpaired) electrons. The van der Waals surface area contributed by atoms with Crippen LogP contribution in [0.4, 0.5) is 5.69 Å². The van der Waals surface area contributed by atoms with Crippen LogP contribution in [-0.2, 0) is 4.79 Å². The first kappa shape index (κ1) is 13.2. The summed E-state index contributed by atoms with van der Waals surface area (Å²) in [6, 6.07) is 12.7. The Kier molecular flexibility index (Phi) is 3.31. The van der Waals surface area contributed by atoms with Crippen LogP contribution in [0.1, 0.15) is 15.9 Å². The second kappa shape index (κ2) is 5.28. The highest BCUT2D eigenvalue weighted by atomic mass is 16.5. The fourth-order valence-electron chi connectivity index (χ4n) is 2.09. The normalized spacial score (nSPS) is 17.7. The Morgan fingerprint density at radius 2 is 1.86 bits per heavy atom. The molecule has 104 valence electrons. The summed E-state index contributed by atoms with van der Waals surface area (Å²) in [5.41, 5.74) is 1.97. The summed E-state index contributed by atoms with van der Waals surface area (Å²) < 4.78 is 5.11. The lowest BCUT2D eigenvalue weighted by Gasteiger charge is -2.18. The fraction of sp³-hybridized carbons (Fsp3) is 0.125. The molecule has 0 spiro atoms. The number of Topliss-reactive ketones (excluding diaryl/α,β-unsaturated/α-hetero) is 1. The van der Waals surface area contributed by atoms with Crippen molar-refractivity contribution in [1.29, 1.82) is 0 Å². The van der Waals surface area contributed by atoms with Gasteiger partial charge in [-0.15, -0.1) is 0 Å². The number of hydrogen-bond donors (Lipinski definition) is 0. The minimum absolute atomic E-state index is 0.273. The summed E-state index contributed by atoms with van der Waals surface area (Å²) in [4.78, 5) is 24.1. The number of benzene rings is 2. The lowest BCUT2D eigenvalue weighted by molar-refractivity contribution is -0.135. The SMILES string of the molecule is Cc1cccc(N=N[C@@H]2C(=O)Oc3ccccc3C2=O)c1. The smallest absolute Gasteiger partial charge is 0.346 e. The van der Waals surface area contributed by atoms with Gasteiger partial charge in [0.25, 0.3) is 0 Å². The number of nitrogens with zero attached hydrogens (tertiary/aromatic N) is 2. The van der Waals surface area contributed by atoms with E-state index in [1.807, 2.05) is 25.1 Å². The molecule has 1 aliphatic heterocycles. The van der Waals surface area contributed by atoms with E-state index in [1.165, 1.54) is 0 Å². The maximum atomic E-state index is 12.3. The number of esters is 1. The van der Waals surface area contributed by atoms with Gasteiger partial charge in [-0.1, -0.05) is 24.3 Å². The van der Waals surface area contributed by atoms with Crippen LogP contribution in [0.3, 0.4) is 0 Å². The molecule has 21 heavy (non-hydrogen) atoms. The zero-order valence-corrected chi connectivity index (χ0v) is 11.3. The predicted molar refractivity (Wildman–Crippen MR) is 75.9 cm³/mol. The van der Waals surface area contributed by atoms with Crippen LogP contribution < -0.4 is 4.74 Å². The number of rotatable bonds is 2. The summed E-state index contributed by atoms with van der Waals surface area (Å²) in [6.45, 7) is 1.93. The van der Waals surface area contributed by atoms with Crippen LogP contribution in [0, 0.1) is 6.92 Å². The lowest BCUT2D eigenvalue weighted by atomic mass is 10.0. The number of para-hydroxylation sites is 1. The van der Waals surface area contributed by atoms with Crippen LogP contribution in [0.2, 0.25) is 0 Å². The molecule has 0 fully saturated rings. The summed E-state index contributed by atoms with van der Waals surface area (Å²) >= 11 is 0. The highest BCUT2D eigenvalue weighted by molar-refractivity contribution is 6.16. The highest BCUT2D eigenvalue weighted by Gasteiger charge is 2.36. The monoisotopic (exact) mass is 280 g/mol. The van der Waals surface area contributed by atoms with E-state index < -0.39 is 17.8 Å². The van der Waals surface area contributed by atoms with Crippen molar-refractivity contribution in [2.75, 3.05) is 0 Å². The van der Waals surface area contributed by atoms with Crippen molar-refractivity contribution in [2.45, 2.75) is 13.0 Å². The first-order valence-corrected chi connectivity index (χ1v) is 6.47. The summed E-state index contributed by atoms with van der Waals surface area (Å²) in [7, 11) is 0. The van der Waals surface area contributed by atoms with Gasteiger partial charge in [-0.05, 0) is 36.8 Å². The molecule has 0 unspecified atom stereocenters. The second-order valence-electron chi connectivity index (χ2n) is 4.74. The van der Waals surface area contributed by atoms with Gasteiger partial charge in [0.1, 0.15) is 5.75 Å². The van der Waals surface area contributed by atoms with E-state index in [9.17, 15) is 9.59 Å². The number of carbonyl (C=O) groups is 2. The molecular formula is C16H12N2O3. The van der Waals surface area contributed by atoms with Gasteiger partial charge in [0.15, 0.2) is 0 Å². The quantitative estimate of drug-likeness (QED) is 0.367. The van der Waals surface area contributed by atoms with Crippen molar-refractivity contribution in [2.24, 2.45) is 10.2 Å². The molecule has 0 saturated carbocycles. The van der Waals surface area contributed by atoms with E-state index in [4.69, 9.17) is 4.74 Å². The van der Waals surface area contributed by atoms with E-state index >= 15 is 0 Å². The molecule has 5 heteroatoms.